The Balaban J connectivity index is 0.000000179. The summed E-state index contributed by atoms with van der Waals surface area (Å²) in [5.41, 5.74) is 0.345. The molecular formula is C10H18O. The summed E-state index contributed by atoms with van der Waals surface area (Å²) in [6.07, 6.45) is 7.79. The molecule has 0 amide bonds. The number of epoxide rings is 1. The number of fused-ring (bicyclic) bond motifs is 1. The van der Waals surface area contributed by atoms with Crippen LogP contribution >= 0.6 is 0 Å². The zero-order valence-corrected chi connectivity index (χ0v) is 7.60. The Kier molecular flexibility index (Phi) is 2.72. The van der Waals surface area contributed by atoms with Crippen molar-refractivity contribution in [3.05, 3.63) is 12.7 Å². The standard InChI is InChI=1S/C7H12O.C3H6/c1-7-5-3-2-4-6(7)8-7;1-3-2/h6H,2-5H2,1H3;3H,1H2,2H3. The minimum absolute atomic E-state index is 0.345. The van der Waals surface area contributed by atoms with E-state index < -0.39 is 0 Å². The fourth-order valence-electron chi connectivity index (χ4n) is 1.68. The fourth-order valence-corrected chi connectivity index (χ4v) is 1.68. The summed E-state index contributed by atoms with van der Waals surface area (Å²) in [6, 6.07) is 0. The van der Waals surface area contributed by atoms with E-state index in [1.807, 2.05) is 6.92 Å². The first kappa shape index (κ1) is 8.79. The van der Waals surface area contributed by atoms with E-state index in [9.17, 15) is 0 Å². The second kappa shape index (κ2) is 3.40. The van der Waals surface area contributed by atoms with Crippen LogP contribution in [0.5, 0.6) is 0 Å². The monoisotopic (exact) mass is 154 g/mol. The third kappa shape index (κ3) is 2.06. The maximum absolute atomic E-state index is 5.47. The predicted molar refractivity (Wildman–Crippen MR) is 47.6 cm³/mol. The lowest BCUT2D eigenvalue weighted by Crippen LogP contribution is -2.13. The highest BCUT2D eigenvalue weighted by Gasteiger charge is 2.52. The van der Waals surface area contributed by atoms with Crippen LogP contribution in [0.15, 0.2) is 12.7 Å². The third-order valence-electron chi connectivity index (χ3n) is 2.42. The molecule has 11 heavy (non-hydrogen) atoms. The van der Waals surface area contributed by atoms with Gasteiger partial charge in [-0.25, -0.2) is 0 Å². The van der Waals surface area contributed by atoms with Crippen molar-refractivity contribution < 1.29 is 4.74 Å². The smallest absolute Gasteiger partial charge is 0.0920 e. The molecule has 1 aliphatic heterocycles. The Bertz CT molecular complexity index is 140. The van der Waals surface area contributed by atoms with Crippen LogP contribution in [0.3, 0.4) is 0 Å². The molecule has 1 heteroatoms. The van der Waals surface area contributed by atoms with Gasteiger partial charge in [0.05, 0.1) is 11.7 Å². The molecule has 0 N–H and O–H groups in total. The summed E-state index contributed by atoms with van der Waals surface area (Å²) in [6.45, 7) is 7.48. The first-order chi connectivity index (χ1) is 5.23. The summed E-state index contributed by atoms with van der Waals surface area (Å²) in [5, 5.41) is 0. The van der Waals surface area contributed by atoms with E-state index in [4.69, 9.17) is 4.74 Å². The van der Waals surface area contributed by atoms with Crippen LogP contribution < -0.4 is 0 Å². The van der Waals surface area contributed by atoms with Crippen LogP contribution in [0.4, 0.5) is 0 Å². The minimum Gasteiger partial charge on any atom is -0.366 e. The molecule has 2 rings (SSSR count). The second-order valence-electron chi connectivity index (χ2n) is 3.57. The highest BCUT2D eigenvalue weighted by molar-refractivity contribution is 5.01. The van der Waals surface area contributed by atoms with Gasteiger partial charge in [-0.2, -0.15) is 0 Å². The zero-order chi connectivity index (χ0) is 8.32. The van der Waals surface area contributed by atoms with E-state index in [-0.39, 0.29) is 0 Å². The Morgan fingerprint density at radius 2 is 2.18 bits per heavy atom. The lowest BCUT2D eigenvalue weighted by molar-refractivity contribution is 0.304. The van der Waals surface area contributed by atoms with Crippen molar-refractivity contribution >= 4 is 0 Å². The normalized spacial score (nSPS) is 39.6. The van der Waals surface area contributed by atoms with E-state index in [1.165, 1.54) is 25.7 Å². The summed E-state index contributed by atoms with van der Waals surface area (Å²) in [5.74, 6) is 0. The van der Waals surface area contributed by atoms with Crippen LogP contribution in [0.25, 0.3) is 0 Å². The van der Waals surface area contributed by atoms with Crippen molar-refractivity contribution in [3.8, 4) is 0 Å². The highest BCUT2D eigenvalue weighted by atomic mass is 16.6. The number of ether oxygens (including phenoxy) is 1. The molecule has 0 spiro atoms. The zero-order valence-electron chi connectivity index (χ0n) is 7.60. The minimum atomic E-state index is 0.345. The largest absolute Gasteiger partial charge is 0.366 e. The van der Waals surface area contributed by atoms with Gasteiger partial charge in [0.15, 0.2) is 0 Å². The third-order valence-corrected chi connectivity index (χ3v) is 2.42. The molecule has 2 fully saturated rings. The first-order valence-electron chi connectivity index (χ1n) is 4.48. The number of allylic oxidation sites excluding steroid dienone is 1. The van der Waals surface area contributed by atoms with Crippen molar-refractivity contribution in [2.24, 2.45) is 0 Å². The molecule has 2 aliphatic rings. The SMILES string of the molecule is C=CC.CC12CCCCC1O2. The van der Waals surface area contributed by atoms with E-state index in [2.05, 4.69) is 13.5 Å². The molecule has 0 aromatic heterocycles. The average Bonchev–Trinajstić information content (AvgIpc) is 2.61. The highest BCUT2D eigenvalue weighted by Crippen LogP contribution is 2.46. The molecule has 0 aromatic rings. The van der Waals surface area contributed by atoms with E-state index >= 15 is 0 Å². The fraction of sp³-hybridized carbons (Fsp3) is 0.800. The Labute approximate surface area is 69.4 Å². The first-order valence-corrected chi connectivity index (χ1v) is 4.48. The van der Waals surface area contributed by atoms with Crippen LogP contribution in [0.1, 0.15) is 39.5 Å². The van der Waals surface area contributed by atoms with Gasteiger partial charge in [0.25, 0.3) is 0 Å². The van der Waals surface area contributed by atoms with Crippen LogP contribution in [0.2, 0.25) is 0 Å². The van der Waals surface area contributed by atoms with Crippen molar-refractivity contribution in [1.82, 2.24) is 0 Å². The van der Waals surface area contributed by atoms with Gasteiger partial charge >= 0.3 is 0 Å². The molecule has 0 bridgehead atoms. The second-order valence-corrected chi connectivity index (χ2v) is 3.57. The number of hydrogen-bond acceptors (Lipinski definition) is 1. The molecular weight excluding hydrogens is 136 g/mol. The number of hydrogen-bond donors (Lipinski definition) is 0. The van der Waals surface area contributed by atoms with Crippen molar-refractivity contribution in [1.29, 1.82) is 0 Å². The van der Waals surface area contributed by atoms with Gasteiger partial charge < -0.3 is 4.74 Å². The summed E-state index contributed by atoms with van der Waals surface area (Å²) in [4.78, 5) is 0. The lowest BCUT2D eigenvalue weighted by atomic mass is 9.91. The molecule has 1 aliphatic carbocycles. The summed E-state index contributed by atoms with van der Waals surface area (Å²) < 4.78 is 5.47. The summed E-state index contributed by atoms with van der Waals surface area (Å²) in [7, 11) is 0. The van der Waals surface area contributed by atoms with Gasteiger partial charge in [0.2, 0.25) is 0 Å². The van der Waals surface area contributed by atoms with Gasteiger partial charge in [0.1, 0.15) is 0 Å². The van der Waals surface area contributed by atoms with Crippen molar-refractivity contribution in [3.63, 3.8) is 0 Å². The molecule has 1 heterocycles. The van der Waals surface area contributed by atoms with Gasteiger partial charge in [0, 0.05) is 0 Å². The molecule has 2 atom stereocenters. The Morgan fingerprint density at radius 1 is 1.55 bits per heavy atom. The van der Waals surface area contributed by atoms with Crippen LogP contribution in [0, 0.1) is 0 Å². The molecule has 0 aromatic carbocycles. The molecule has 64 valence electrons. The van der Waals surface area contributed by atoms with Crippen LogP contribution in [-0.4, -0.2) is 11.7 Å². The van der Waals surface area contributed by atoms with E-state index in [0.29, 0.717) is 11.7 Å². The maximum Gasteiger partial charge on any atom is 0.0920 e. The topological polar surface area (TPSA) is 12.5 Å². The molecule has 1 saturated heterocycles. The van der Waals surface area contributed by atoms with Gasteiger partial charge in [-0.3, -0.25) is 0 Å². The summed E-state index contributed by atoms with van der Waals surface area (Å²) >= 11 is 0. The predicted octanol–water partition coefficient (Wildman–Crippen LogP) is 2.91. The Morgan fingerprint density at radius 3 is 2.55 bits per heavy atom. The molecule has 1 saturated carbocycles. The molecule has 0 radical (unpaired) electrons. The van der Waals surface area contributed by atoms with E-state index in [1.54, 1.807) is 6.08 Å². The van der Waals surface area contributed by atoms with Gasteiger partial charge in [-0.05, 0) is 26.7 Å². The van der Waals surface area contributed by atoms with Crippen molar-refractivity contribution in [2.45, 2.75) is 51.2 Å². The number of rotatable bonds is 0. The van der Waals surface area contributed by atoms with Gasteiger partial charge in [-0.15, -0.1) is 6.58 Å². The van der Waals surface area contributed by atoms with Crippen molar-refractivity contribution in [2.75, 3.05) is 0 Å². The Hall–Kier alpha value is -0.300. The molecule has 2 unspecified atom stereocenters. The van der Waals surface area contributed by atoms with Crippen LogP contribution in [-0.2, 0) is 4.74 Å². The quantitative estimate of drug-likeness (QED) is 0.386. The van der Waals surface area contributed by atoms with E-state index in [0.717, 1.165) is 0 Å². The average molecular weight is 154 g/mol. The molecule has 1 nitrogen and oxygen atoms in total. The van der Waals surface area contributed by atoms with Gasteiger partial charge in [-0.1, -0.05) is 18.9 Å². The lowest BCUT2D eigenvalue weighted by Gasteiger charge is -2.09. The maximum atomic E-state index is 5.47.